The van der Waals surface area contributed by atoms with Crippen molar-refractivity contribution in [3.63, 3.8) is 0 Å². The number of halogens is 2. The fraction of sp³-hybridized carbons (Fsp3) is 0.538. The number of hydrogen-bond donors (Lipinski definition) is 0. The zero-order chi connectivity index (χ0) is 20.9. The lowest BCUT2D eigenvalue weighted by atomic mass is 9.88. The summed E-state index contributed by atoms with van der Waals surface area (Å²) in [5.41, 5.74) is 4.28. The molecule has 1 spiro atoms. The number of benzene rings is 2. The second kappa shape index (κ2) is 7.93. The van der Waals surface area contributed by atoms with Gasteiger partial charge in [0, 0.05) is 48.2 Å². The Morgan fingerprint density at radius 3 is 2.43 bits per heavy atom. The lowest BCUT2D eigenvalue weighted by molar-refractivity contribution is -0.0360. The molecule has 2 fully saturated rings. The topological polar surface area (TPSA) is 6.48 Å². The summed E-state index contributed by atoms with van der Waals surface area (Å²) >= 11 is 6.45. The molecular weight excluding hydrogens is 395 g/mol. The Bertz CT molecular complexity index is 904. The van der Waals surface area contributed by atoms with E-state index in [1.54, 1.807) is 12.1 Å². The Kier molecular flexibility index (Phi) is 5.41. The van der Waals surface area contributed by atoms with Gasteiger partial charge < -0.3 is 0 Å². The quantitative estimate of drug-likeness (QED) is 0.560. The van der Waals surface area contributed by atoms with Gasteiger partial charge in [0.15, 0.2) is 0 Å². The molecule has 160 valence electrons. The molecule has 2 aliphatic carbocycles. The first-order chi connectivity index (χ1) is 14.5. The predicted octanol–water partition coefficient (Wildman–Crippen LogP) is 6.39. The average molecular weight is 427 g/mol. The van der Waals surface area contributed by atoms with Gasteiger partial charge in [-0.1, -0.05) is 42.6 Å². The zero-order valence-corrected chi connectivity index (χ0v) is 18.8. The molecule has 1 saturated heterocycles. The van der Waals surface area contributed by atoms with Crippen LogP contribution >= 0.6 is 11.6 Å². The second-order valence-electron chi connectivity index (χ2n) is 9.82. The van der Waals surface area contributed by atoms with E-state index < -0.39 is 0 Å². The third-order valence-corrected chi connectivity index (χ3v) is 8.08. The Hall–Kier alpha value is -1.42. The van der Waals surface area contributed by atoms with Crippen LogP contribution in [0, 0.1) is 5.82 Å². The van der Waals surface area contributed by atoms with Gasteiger partial charge >= 0.3 is 0 Å². The fourth-order valence-corrected chi connectivity index (χ4v) is 6.74. The molecule has 1 aliphatic heterocycles. The van der Waals surface area contributed by atoms with E-state index in [0.717, 1.165) is 31.1 Å². The summed E-state index contributed by atoms with van der Waals surface area (Å²) in [5.74, 6) is 0.142. The van der Waals surface area contributed by atoms with Crippen LogP contribution in [0.4, 0.5) is 4.39 Å². The van der Waals surface area contributed by atoms with Gasteiger partial charge in [-0.3, -0.25) is 9.80 Å². The molecule has 0 N–H and O–H groups in total. The summed E-state index contributed by atoms with van der Waals surface area (Å²) in [6.45, 7) is 8.10. The van der Waals surface area contributed by atoms with E-state index >= 15 is 0 Å². The molecule has 0 amide bonds. The van der Waals surface area contributed by atoms with Gasteiger partial charge in [0.1, 0.15) is 5.82 Å². The summed E-state index contributed by atoms with van der Waals surface area (Å²) < 4.78 is 13.5. The lowest BCUT2D eigenvalue weighted by Crippen LogP contribution is -2.63. The summed E-state index contributed by atoms with van der Waals surface area (Å²) in [5, 5.41) is 0.815. The maximum absolute atomic E-state index is 13.5. The van der Waals surface area contributed by atoms with Crippen LogP contribution in [0.3, 0.4) is 0 Å². The van der Waals surface area contributed by atoms with Gasteiger partial charge in [-0.15, -0.1) is 0 Å². The van der Waals surface area contributed by atoms with E-state index in [2.05, 4.69) is 35.8 Å². The highest BCUT2D eigenvalue weighted by molar-refractivity contribution is 6.30. The molecule has 1 saturated carbocycles. The third-order valence-electron chi connectivity index (χ3n) is 7.85. The van der Waals surface area contributed by atoms with Crippen LogP contribution in [0.15, 0.2) is 42.5 Å². The number of nitrogens with zero attached hydrogens (tertiary/aromatic N) is 2. The van der Waals surface area contributed by atoms with Gasteiger partial charge in [0.25, 0.3) is 0 Å². The lowest BCUT2D eigenvalue weighted by Gasteiger charge is -2.53. The molecule has 30 heavy (non-hydrogen) atoms. The summed E-state index contributed by atoms with van der Waals surface area (Å²) in [6, 6.07) is 14.5. The number of piperazine rings is 1. The molecule has 2 aromatic carbocycles. The molecule has 0 aromatic heterocycles. The standard InChI is InChI=1S/C26H32ClFN2/c1-18(2)30-14-13-29(17-26(30)11-3-4-12-26)25-16-23(19-5-8-21(28)9-6-19)22-10-7-20(27)15-24(22)25/h5-10,15,18,23,25H,3-4,11-14,16-17H2,1-2H3/t23-,25+/m0/s1. The maximum atomic E-state index is 13.5. The Morgan fingerprint density at radius 1 is 1.00 bits per heavy atom. The molecule has 0 unspecified atom stereocenters. The minimum Gasteiger partial charge on any atom is -0.293 e. The van der Waals surface area contributed by atoms with E-state index in [0.29, 0.717) is 23.5 Å². The maximum Gasteiger partial charge on any atom is 0.123 e. The number of rotatable bonds is 3. The van der Waals surface area contributed by atoms with Crippen LogP contribution in [-0.4, -0.2) is 41.0 Å². The van der Waals surface area contributed by atoms with Crippen LogP contribution < -0.4 is 0 Å². The highest BCUT2D eigenvalue weighted by Crippen LogP contribution is 2.50. The molecule has 2 aromatic rings. The Labute approximate surface area is 185 Å². The van der Waals surface area contributed by atoms with Gasteiger partial charge in [0.2, 0.25) is 0 Å². The first-order valence-electron chi connectivity index (χ1n) is 11.5. The molecule has 1 heterocycles. The SMILES string of the molecule is CC(C)N1CCN([C@@H]2C[C@@H](c3ccc(F)cc3)c3ccc(Cl)cc32)CC12CCCC2. The van der Waals surface area contributed by atoms with Gasteiger partial charge in [-0.2, -0.15) is 0 Å². The van der Waals surface area contributed by atoms with Crippen LogP contribution in [0.5, 0.6) is 0 Å². The van der Waals surface area contributed by atoms with E-state index in [1.807, 2.05) is 18.2 Å². The van der Waals surface area contributed by atoms with Crippen molar-refractivity contribution in [1.82, 2.24) is 9.80 Å². The molecule has 3 aliphatic rings. The number of hydrogen-bond acceptors (Lipinski definition) is 2. The van der Waals surface area contributed by atoms with Crippen molar-refractivity contribution in [2.45, 2.75) is 69.5 Å². The average Bonchev–Trinajstić information content (AvgIpc) is 3.33. The Balaban J connectivity index is 1.47. The number of fused-ring (bicyclic) bond motifs is 1. The van der Waals surface area contributed by atoms with Crippen molar-refractivity contribution in [2.24, 2.45) is 0 Å². The smallest absolute Gasteiger partial charge is 0.123 e. The largest absolute Gasteiger partial charge is 0.293 e. The fourth-order valence-electron chi connectivity index (χ4n) is 6.56. The molecule has 2 atom stereocenters. The van der Waals surface area contributed by atoms with Crippen molar-refractivity contribution in [1.29, 1.82) is 0 Å². The molecular formula is C26H32ClFN2. The summed E-state index contributed by atoms with van der Waals surface area (Å²) in [4.78, 5) is 5.52. The monoisotopic (exact) mass is 426 g/mol. The van der Waals surface area contributed by atoms with Gasteiger partial charge in [-0.25, -0.2) is 4.39 Å². The van der Waals surface area contributed by atoms with Gasteiger partial charge in [0.05, 0.1) is 0 Å². The van der Waals surface area contributed by atoms with Crippen molar-refractivity contribution < 1.29 is 4.39 Å². The summed E-state index contributed by atoms with van der Waals surface area (Å²) in [6.07, 6.45) is 6.39. The minimum atomic E-state index is -0.169. The van der Waals surface area contributed by atoms with Crippen molar-refractivity contribution in [3.8, 4) is 0 Å². The molecule has 0 radical (unpaired) electrons. The van der Waals surface area contributed by atoms with E-state index in [1.165, 1.54) is 42.4 Å². The van der Waals surface area contributed by atoms with Crippen LogP contribution in [-0.2, 0) is 0 Å². The second-order valence-corrected chi connectivity index (χ2v) is 10.3. The first-order valence-corrected chi connectivity index (χ1v) is 11.9. The van der Waals surface area contributed by atoms with Crippen LogP contribution in [0.25, 0.3) is 0 Å². The highest BCUT2D eigenvalue weighted by atomic mass is 35.5. The van der Waals surface area contributed by atoms with E-state index in [9.17, 15) is 4.39 Å². The van der Waals surface area contributed by atoms with Crippen molar-refractivity contribution in [2.75, 3.05) is 19.6 Å². The highest BCUT2D eigenvalue weighted by Gasteiger charge is 2.47. The predicted molar refractivity (Wildman–Crippen MR) is 122 cm³/mol. The zero-order valence-electron chi connectivity index (χ0n) is 18.1. The third kappa shape index (κ3) is 3.49. The van der Waals surface area contributed by atoms with E-state index in [4.69, 9.17) is 11.6 Å². The first kappa shape index (κ1) is 20.5. The van der Waals surface area contributed by atoms with E-state index in [-0.39, 0.29) is 5.82 Å². The van der Waals surface area contributed by atoms with Crippen molar-refractivity contribution >= 4 is 11.6 Å². The summed E-state index contributed by atoms with van der Waals surface area (Å²) in [7, 11) is 0. The molecule has 5 rings (SSSR count). The molecule has 4 heteroatoms. The normalized spacial score (nSPS) is 26.6. The minimum absolute atomic E-state index is 0.169. The van der Waals surface area contributed by atoms with Crippen molar-refractivity contribution in [3.05, 3.63) is 70.0 Å². The van der Waals surface area contributed by atoms with Crippen LogP contribution in [0.2, 0.25) is 5.02 Å². The van der Waals surface area contributed by atoms with Crippen LogP contribution in [0.1, 0.15) is 74.6 Å². The molecule has 0 bridgehead atoms. The Morgan fingerprint density at radius 2 is 1.73 bits per heavy atom. The molecule has 2 nitrogen and oxygen atoms in total. The van der Waals surface area contributed by atoms with Gasteiger partial charge in [-0.05, 0) is 74.1 Å².